The van der Waals surface area contributed by atoms with Gasteiger partial charge in [-0.2, -0.15) is 4.39 Å². The van der Waals surface area contributed by atoms with Crippen molar-refractivity contribution in [1.82, 2.24) is 4.90 Å². The average Bonchev–Trinajstić information content (AvgIpc) is 2.54. The van der Waals surface area contributed by atoms with E-state index in [1.54, 1.807) is 12.1 Å². The maximum absolute atomic E-state index is 13.3. The number of anilines is 1. The third-order valence-electron chi connectivity index (χ3n) is 2.34. The smallest absolute Gasteiger partial charge is 0.272 e. The van der Waals surface area contributed by atoms with Gasteiger partial charge in [0.05, 0.1) is 5.69 Å². The van der Waals surface area contributed by atoms with Crippen molar-refractivity contribution in [3.05, 3.63) is 29.3 Å². The molecule has 1 aromatic carbocycles. The van der Waals surface area contributed by atoms with Crippen LogP contribution in [0.25, 0.3) is 0 Å². The minimum Gasteiger partial charge on any atom is -0.272 e. The second-order valence-corrected chi connectivity index (χ2v) is 5.18. The molecule has 0 bridgehead atoms. The highest BCUT2D eigenvalue weighted by Crippen LogP contribution is 2.33. The van der Waals surface area contributed by atoms with Crippen LogP contribution in [0.15, 0.2) is 24.3 Å². The number of urea groups is 1. The summed E-state index contributed by atoms with van der Waals surface area (Å²) in [5.41, 5.74) is 0.234. The Morgan fingerprint density at radius 3 is 2.44 bits per heavy atom. The van der Waals surface area contributed by atoms with Crippen molar-refractivity contribution in [3.8, 4) is 0 Å². The number of nitrogens with zero attached hydrogens (tertiary/aromatic N) is 2. The summed E-state index contributed by atoms with van der Waals surface area (Å²) in [6.45, 7) is -0.533. The Labute approximate surface area is 117 Å². The number of carbonyl (C=O) groups is 2. The Kier molecular flexibility index (Phi) is 3.40. The molecule has 0 spiro atoms. The predicted molar refractivity (Wildman–Crippen MR) is 66.6 cm³/mol. The molecule has 0 saturated carbocycles. The standard InChI is InChI=1S/C10H6Cl3FN2O2/c11-6-2-1-3-7(4-6)16-8(17)5-15(9(16)18)10(12,13)14/h1-4H,5H2. The van der Waals surface area contributed by atoms with Crippen LogP contribution in [0.3, 0.4) is 0 Å². The number of amides is 3. The predicted octanol–water partition coefficient (Wildman–Crippen LogP) is 3.17. The van der Waals surface area contributed by atoms with Crippen LogP contribution in [-0.4, -0.2) is 28.1 Å². The molecule has 0 aliphatic carbocycles. The molecule has 1 aliphatic rings. The summed E-state index contributed by atoms with van der Waals surface area (Å²) in [7, 11) is 0. The van der Waals surface area contributed by atoms with Crippen molar-refractivity contribution in [2.45, 2.75) is 4.71 Å². The number of alkyl halides is 3. The van der Waals surface area contributed by atoms with Gasteiger partial charge in [0.25, 0.3) is 5.91 Å². The Morgan fingerprint density at radius 2 is 1.94 bits per heavy atom. The van der Waals surface area contributed by atoms with Crippen molar-refractivity contribution >= 4 is 52.4 Å². The Morgan fingerprint density at radius 1 is 1.28 bits per heavy atom. The molecule has 0 radical (unpaired) electrons. The molecule has 0 unspecified atom stereocenters. The lowest BCUT2D eigenvalue weighted by Gasteiger charge is -2.21. The minimum atomic E-state index is -2.93. The quantitative estimate of drug-likeness (QED) is 0.478. The number of halogens is 4. The molecule has 4 nitrogen and oxygen atoms in total. The zero-order chi connectivity index (χ0) is 13.5. The molecule has 1 aromatic rings. The summed E-state index contributed by atoms with van der Waals surface area (Å²) in [5.74, 6) is -0.634. The fourth-order valence-electron chi connectivity index (χ4n) is 1.57. The highest BCUT2D eigenvalue weighted by molar-refractivity contribution is 6.48. The molecule has 0 atom stereocenters. The molecule has 2 rings (SSSR count). The van der Waals surface area contributed by atoms with Gasteiger partial charge in [-0.25, -0.2) is 9.69 Å². The molecular weight excluding hydrogens is 305 g/mol. The molecule has 1 heterocycles. The second kappa shape index (κ2) is 4.57. The van der Waals surface area contributed by atoms with Crippen LogP contribution in [0.1, 0.15) is 0 Å². The number of hydrogen-bond donors (Lipinski definition) is 0. The summed E-state index contributed by atoms with van der Waals surface area (Å²) >= 11 is 16.1. The average molecular weight is 312 g/mol. The van der Waals surface area contributed by atoms with E-state index in [0.29, 0.717) is 9.92 Å². The molecule has 1 fully saturated rings. The van der Waals surface area contributed by atoms with Crippen LogP contribution in [0.4, 0.5) is 14.9 Å². The SMILES string of the molecule is O=C1CN(C(F)(Cl)Cl)C(=O)N1c1cccc(Cl)c1. The van der Waals surface area contributed by atoms with E-state index in [2.05, 4.69) is 0 Å². The Bertz CT molecular complexity index is 518. The lowest BCUT2D eigenvalue weighted by Crippen LogP contribution is -2.40. The van der Waals surface area contributed by atoms with E-state index in [4.69, 9.17) is 34.8 Å². The van der Waals surface area contributed by atoms with Crippen LogP contribution in [0, 0.1) is 0 Å². The summed E-state index contributed by atoms with van der Waals surface area (Å²) in [6, 6.07) is 5.10. The number of hydrogen-bond acceptors (Lipinski definition) is 2. The Hall–Kier alpha value is -1.04. The maximum Gasteiger partial charge on any atom is 0.341 e. The van der Waals surface area contributed by atoms with Gasteiger partial charge < -0.3 is 0 Å². The van der Waals surface area contributed by atoms with Crippen molar-refractivity contribution in [1.29, 1.82) is 0 Å². The highest BCUT2D eigenvalue weighted by atomic mass is 35.5. The van der Waals surface area contributed by atoms with E-state index < -0.39 is 23.2 Å². The molecule has 1 saturated heterocycles. The maximum atomic E-state index is 13.3. The first-order valence-electron chi connectivity index (χ1n) is 4.77. The summed E-state index contributed by atoms with van der Waals surface area (Å²) in [6.07, 6.45) is 0. The van der Waals surface area contributed by atoms with Gasteiger partial charge >= 0.3 is 10.7 Å². The lowest BCUT2D eigenvalue weighted by molar-refractivity contribution is -0.117. The largest absolute Gasteiger partial charge is 0.341 e. The van der Waals surface area contributed by atoms with E-state index in [-0.39, 0.29) is 5.69 Å². The van der Waals surface area contributed by atoms with Gasteiger partial charge in [0.2, 0.25) is 0 Å². The van der Waals surface area contributed by atoms with Gasteiger partial charge in [-0.15, -0.1) is 0 Å². The molecule has 0 N–H and O–H groups in total. The van der Waals surface area contributed by atoms with E-state index in [0.717, 1.165) is 4.90 Å². The van der Waals surface area contributed by atoms with Crippen molar-refractivity contribution in [2.24, 2.45) is 0 Å². The van der Waals surface area contributed by atoms with Crippen LogP contribution in [0.2, 0.25) is 5.02 Å². The number of carbonyl (C=O) groups excluding carboxylic acids is 2. The highest BCUT2D eigenvalue weighted by Gasteiger charge is 2.47. The van der Waals surface area contributed by atoms with Crippen molar-refractivity contribution < 1.29 is 14.0 Å². The molecule has 3 amide bonds. The van der Waals surface area contributed by atoms with E-state index in [9.17, 15) is 14.0 Å². The fraction of sp³-hybridized carbons (Fsp3) is 0.200. The first-order chi connectivity index (χ1) is 8.30. The van der Waals surface area contributed by atoms with Gasteiger partial charge in [0.1, 0.15) is 6.54 Å². The normalized spacial score (nSPS) is 16.7. The van der Waals surface area contributed by atoms with Gasteiger partial charge in [0.15, 0.2) is 0 Å². The zero-order valence-electron chi connectivity index (χ0n) is 8.74. The van der Waals surface area contributed by atoms with E-state index in [1.807, 2.05) is 0 Å². The first kappa shape index (κ1) is 13.4. The topological polar surface area (TPSA) is 40.6 Å². The molecular formula is C10H6Cl3FN2O2. The van der Waals surface area contributed by atoms with E-state index in [1.165, 1.54) is 12.1 Å². The van der Waals surface area contributed by atoms with Crippen LogP contribution < -0.4 is 4.90 Å². The summed E-state index contributed by atoms with van der Waals surface area (Å²) in [4.78, 5) is 24.7. The van der Waals surface area contributed by atoms with Gasteiger partial charge in [0, 0.05) is 5.02 Å². The minimum absolute atomic E-state index is 0.234. The molecule has 18 heavy (non-hydrogen) atoms. The third-order valence-corrected chi connectivity index (χ3v) is 2.98. The van der Waals surface area contributed by atoms with Crippen molar-refractivity contribution in [2.75, 3.05) is 11.4 Å². The van der Waals surface area contributed by atoms with Crippen LogP contribution in [-0.2, 0) is 4.79 Å². The number of imide groups is 1. The molecule has 96 valence electrons. The second-order valence-electron chi connectivity index (χ2n) is 3.55. The molecule has 8 heteroatoms. The van der Waals surface area contributed by atoms with Gasteiger partial charge in [-0.3, -0.25) is 9.69 Å². The third kappa shape index (κ3) is 2.39. The Balaban J connectivity index is 2.36. The zero-order valence-corrected chi connectivity index (χ0v) is 11.0. The van der Waals surface area contributed by atoms with Crippen LogP contribution in [0.5, 0.6) is 0 Å². The lowest BCUT2D eigenvalue weighted by atomic mass is 10.3. The van der Waals surface area contributed by atoms with Crippen molar-refractivity contribution in [3.63, 3.8) is 0 Å². The van der Waals surface area contributed by atoms with Gasteiger partial charge in [-0.05, 0) is 41.4 Å². The molecule has 0 aromatic heterocycles. The summed E-state index contributed by atoms with van der Waals surface area (Å²) in [5, 5.41) is 0.342. The summed E-state index contributed by atoms with van der Waals surface area (Å²) < 4.78 is 10.4. The monoisotopic (exact) mass is 310 g/mol. The van der Waals surface area contributed by atoms with E-state index >= 15 is 0 Å². The number of rotatable bonds is 2. The van der Waals surface area contributed by atoms with Gasteiger partial charge in [-0.1, -0.05) is 17.7 Å². The first-order valence-corrected chi connectivity index (χ1v) is 5.91. The fourth-order valence-corrected chi connectivity index (χ4v) is 2.02. The molecule has 1 aliphatic heterocycles. The van der Waals surface area contributed by atoms with Crippen LogP contribution >= 0.6 is 34.8 Å². The number of benzene rings is 1.